The van der Waals surface area contributed by atoms with Crippen LogP contribution in [-0.4, -0.2) is 29.0 Å². The van der Waals surface area contributed by atoms with Crippen LogP contribution in [0.2, 0.25) is 5.02 Å². The van der Waals surface area contributed by atoms with Crippen molar-refractivity contribution >= 4 is 29.1 Å². The number of hydrogen-bond acceptors (Lipinski definition) is 5. The smallest absolute Gasteiger partial charge is 0.270 e. The summed E-state index contributed by atoms with van der Waals surface area (Å²) in [5.74, 6) is 0.706. The summed E-state index contributed by atoms with van der Waals surface area (Å²) in [4.78, 5) is 20.8. The molecule has 2 aromatic rings. The molecule has 2 N–H and O–H groups in total. The Bertz CT molecular complexity index is 737. The number of amides is 1. The molecular formula is C17H21ClN4O2. The van der Waals surface area contributed by atoms with Crippen LogP contribution in [0.4, 0.5) is 11.6 Å². The summed E-state index contributed by atoms with van der Waals surface area (Å²) < 4.78 is 5.12. The lowest BCUT2D eigenvalue weighted by molar-refractivity contribution is 0.0934. The first-order valence-electron chi connectivity index (χ1n) is 7.70. The minimum atomic E-state index is -0.217. The Morgan fingerprint density at radius 3 is 2.71 bits per heavy atom. The molecule has 1 unspecified atom stereocenters. The number of anilines is 2. The number of aromatic nitrogens is 2. The summed E-state index contributed by atoms with van der Waals surface area (Å²) >= 11 is 6.11. The van der Waals surface area contributed by atoms with E-state index in [1.807, 2.05) is 20.8 Å². The van der Waals surface area contributed by atoms with Crippen LogP contribution in [0.25, 0.3) is 0 Å². The van der Waals surface area contributed by atoms with E-state index < -0.39 is 0 Å². The maximum absolute atomic E-state index is 12.2. The second kappa shape index (κ2) is 7.97. The second-order valence-corrected chi connectivity index (χ2v) is 5.88. The largest absolute Gasteiger partial charge is 0.495 e. The lowest BCUT2D eigenvalue weighted by Gasteiger charge is -2.12. The molecule has 0 bridgehead atoms. The molecule has 0 aliphatic heterocycles. The number of nitrogens with one attached hydrogen (secondary N) is 2. The second-order valence-electron chi connectivity index (χ2n) is 5.48. The Kier molecular flexibility index (Phi) is 5.98. The maximum atomic E-state index is 12.2. The fraction of sp³-hybridized carbons (Fsp3) is 0.353. The summed E-state index contributed by atoms with van der Waals surface area (Å²) in [6, 6.07) is 7.01. The fourth-order valence-corrected chi connectivity index (χ4v) is 2.27. The number of benzene rings is 1. The molecular weight excluding hydrogens is 328 g/mol. The predicted molar refractivity (Wildman–Crippen MR) is 95.3 cm³/mol. The van der Waals surface area contributed by atoms with Crippen LogP contribution in [-0.2, 0) is 0 Å². The van der Waals surface area contributed by atoms with Gasteiger partial charge in [-0.1, -0.05) is 18.5 Å². The van der Waals surface area contributed by atoms with Gasteiger partial charge in [0.25, 0.3) is 5.91 Å². The Hall–Kier alpha value is -2.34. The highest BCUT2D eigenvalue weighted by Gasteiger charge is 2.13. The van der Waals surface area contributed by atoms with E-state index in [2.05, 4.69) is 20.6 Å². The minimum Gasteiger partial charge on any atom is -0.495 e. The van der Waals surface area contributed by atoms with E-state index in [-0.39, 0.29) is 11.9 Å². The van der Waals surface area contributed by atoms with Gasteiger partial charge in [0.05, 0.1) is 12.1 Å². The van der Waals surface area contributed by atoms with Gasteiger partial charge in [0, 0.05) is 17.4 Å². The van der Waals surface area contributed by atoms with Gasteiger partial charge in [-0.15, -0.1) is 0 Å². The molecule has 0 aliphatic carbocycles. The van der Waals surface area contributed by atoms with E-state index in [4.69, 9.17) is 16.3 Å². The van der Waals surface area contributed by atoms with Gasteiger partial charge in [-0.05, 0) is 44.5 Å². The van der Waals surface area contributed by atoms with Crippen LogP contribution < -0.4 is 15.4 Å². The van der Waals surface area contributed by atoms with E-state index in [0.717, 1.165) is 6.42 Å². The molecule has 1 amide bonds. The molecule has 24 heavy (non-hydrogen) atoms. The topological polar surface area (TPSA) is 76.1 Å². The normalized spacial score (nSPS) is 11.7. The van der Waals surface area contributed by atoms with Crippen LogP contribution in [0.15, 0.2) is 24.3 Å². The zero-order valence-electron chi connectivity index (χ0n) is 14.2. The van der Waals surface area contributed by atoms with Crippen molar-refractivity contribution in [2.24, 2.45) is 0 Å². The first-order valence-corrected chi connectivity index (χ1v) is 8.07. The molecule has 0 saturated carbocycles. The average molecular weight is 349 g/mol. The molecule has 2 rings (SSSR count). The molecule has 6 nitrogen and oxygen atoms in total. The van der Waals surface area contributed by atoms with Gasteiger partial charge in [-0.2, -0.15) is 0 Å². The minimum absolute atomic E-state index is 0.0876. The standard InChI is InChI=1S/C17H21ClN4O2/c1-5-10(2)19-16(23)14-8-11(3)20-17(22-14)21-12-6-7-15(24-4)13(18)9-12/h6-10H,5H2,1-4H3,(H,19,23)(H,20,21,22). The van der Waals surface area contributed by atoms with Crippen LogP contribution in [0.3, 0.4) is 0 Å². The highest BCUT2D eigenvalue weighted by Crippen LogP contribution is 2.28. The molecule has 0 aliphatic rings. The predicted octanol–water partition coefficient (Wildman–Crippen LogP) is 3.72. The third kappa shape index (κ3) is 4.58. The van der Waals surface area contributed by atoms with E-state index in [1.165, 1.54) is 0 Å². The zero-order chi connectivity index (χ0) is 17.7. The lowest BCUT2D eigenvalue weighted by atomic mass is 10.2. The van der Waals surface area contributed by atoms with Gasteiger partial charge in [-0.3, -0.25) is 4.79 Å². The van der Waals surface area contributed by atoms with Crippen molar-refractivity contribution in [3.05, 3.63) is 40.7 Å². The van der Waals surface area contributed by atoms with Crippen molar-refractivity contribution in [2.75, 3.05) is 12.4 Å². The molecule has 0 spiro atoms. The van der Waals surface area contributed by atoms with Crippen molar-refractivity contribution in [3.63, 3.8) is 0 Å². The van der Waals surface area contributed by atoms with Crippen LogP contribution in [0.1, 0.15) is 36.5 Å². The first-order chi connectivity index (χ1) is 11.4. The van der Waals surface area contributed by atoms with Gasteiger partial charge < -0.3 is 15.4 Å². The highest BCUT2D eigenvalue weighted by atomic mass is 35.5. The van der Waals surface area contributed by atoms with E-state index in [0.29, 0.717) is 33.8 Å². The third-order valence-electron chi connectivity index (χ3n) is 3.48. The molecule has 1 heterocycles. The molecule has 0 radical (unpaired) electrons. The number of halogens is 1. The van der Waals surface area contributed by atoms with Crippen LogP contribution in [0, 0.1) is 6.92 Å². The van der Waals surface area contributed by atoms with E-state index >= 15 is 0 Å². The monoisotopic (exact) mass is 348 g/mol. The van der Waals surface area contributed by atoms with Gasteiger partial charge in [-0.25, -0.2) is 9.97 Å². The molecule has 0 saturated heterocycles. The Morgan fingerprint density at radius 1 is 1.33 bits per heavy atom. The van der Waals surface area contributed by atoms with Crippen LogP contribution in [0.5, 0.6) is 5.75 Å². The number of aryl methyl sites for hydroxylation is 1. The molecule has 1 aromatic heterocycles. The molecule has 128 valence electrons. The highest BCUT2D eigenvalue weighted by molar-refractivity contribution is 6.32. The summed E-state index contributed by atoms with van der Waals surface area (Å²) in [6.45, 7) is 5.77. The van der Waals surface area contributed by atoms with Crippen molar-refractivity contribution in [1.82, 2.24) is 15.3 Å². The summed E-state index contributed by atoms with van der Waals surface area (Å²) in [5, 5.41) is 6.43. The number of carbonyl (C=O) groups is 1. The number of rotatable bonds is 6. The van der Waals surface area contributed by atoms with Gasteiger partial charge in [0.2, 0.25) is 5.95 Å². The zero-order valence-corrected chi connectivity index (χ0v) is 14.9. The Labute approximate surface area is 146 Å². The number of carbonyl (C=O) groups excluding carboxylic acids is 1. The van der Waals surface area contributed by atoms with Gasteiger partial charge in [0.15, 0.2) is 0 Å². The number of ether oxygens (including phenoxy) is 1. The fourth-order valence-electron chi connectivity index (χ4n) is 2.01. The number of methoxy groups -OCH3 is 1. The van der Waals surface area contributed by atoms with E-state index in [1.54, 1.807) is 31.4 Å². The molecule has 1 atom stereocenters. The molecule has 7 heteroatoms. The SMILES string of the molecule is CCC(C)NC(=O)c1cc(C)nc(Nc2ccc(OC)c(Cl)c2)n1. The Morgan fingerprint density at radius 2 is 2.08 bits per heavy atom. The lowest BCUT2D eigenvalue weighted by Crippen LogP contribution is -2.32. The summed E-state index contributed by atoms with van der Waals surface area (Å²) in [5.41, 5.74) is 1.73. The number of hydrogen-bond donors (Lipinski definition) is 2. The molecule has 0 fully saturated rings. The number of nitrogens with zero attached hydrogens (tertiary/aromatic N) is 2. The van der Waals surface area contributed by atoms with Gasteiger partial charge in [0.1, 0.15) is 11.4 Å². The summed E-state index contributed by atoms with van der Waals surface area (Å²) in [7, 11) is 1.56. The Balaban J connectivity index is 2.22. The van der Waals surface area contributed by atoms with Crippen molar-refractivity contribution in [3.8, 4) is 5.75 Å². The quantitative estimate of drug-likeness (QED) is 0.832. The summed E-state index contributed by atoms with van der Waals surface area (Å²) in [6.07, 6.45) is 0.852. The average Bonchev–Trinajstić information content (AvgIpc) is 2.54. The van der Waals surface area contributed by atoms with Gasteiger partial charge >= 0.3 is 0 Å². The van der Waals surface area contributed by atoms with Crippen molar-refractivity contribution in [2.45, 2.75) is 33.2 Å². The maximum Gasteiger partial charge on any atom is 0.270 e. The van der Waals surface area contributed by atoms with Crippen molar-refractivity contribution in [1.29, 1.82) is 0 Å². The van der Waals surface area contributed by atoms with E-state index in [9.17, 15) is 4.79 Å². The van der Waals surface area contributed by atoms with Crippen LogP contribution >= 0.6 is 11.6 Å². The first kappa shape index (κ1) is 18.0. The third-order valence-corrected chi connectivity index (χ3v) is 3.78. The van der Waals surface area contributed by atoms with Crippen molar-refractivity contribution < 1.29 is 9.53 Å². The molecule has 1 aromatic carbocycles.